The van der Waals surface area contributed by atoms with Crippen molar-refractivity contribution in [2.75, 3.05) is 6.54 Å². The molecule has 1 fully saturated rings. The molecule has 3 aromatic carbocycles. The molecule has 2 aliphatic rings. The van der Waals surface area contributed by atoms with Gasteiger partial charge < -0.3 is 21.3 Å². The van der Waals surface area contributed by atoms with E-state index in [2.05, 4.69) is 28.8 Å². The Morgan fingerprint density at radius 1 is 0.974 bits per heavy atom. The van der Waals surface area contributed by atoms with Crippen LogP contribution in [0.4, 0.5) is 4.79 Å². The van der Waals surface area contributed by atoms with Crippen molar-refractivity contribution < 1.29 is 14.4 Å². The van der Waals surface area contributed by atoms with Gasteiger partial charge >= 0.3 is 6.03 Å². The molecular formula is C32H36N4O3. The minimum Gasteiger partial charge on any atom is -0.366 e. The number of amides is 4. The van der Waals surface area contributed by atoms with E-state index in [1.165, 1.54) is 5.56 Å². The molecule has 3 aromatic rings. The first kappa shape index (κ1) is 26.5. The summed E-state index contributed by atoms with van der Waals surface area (Å²) in [7, 11) is 0. The van der Waals surface area contributed by atoms with E-state index < -0.39 is 5.91 Å². The Morgan fingerprint density at radius 3 is 2.46 bits per heavy atom. The number of nitrogens with zero attached hydrogens (tertiary/aromatic N) is 1. The normalized spacial score (nSPS) is 18.2. The number of rotatable bonds is 6. The molecule has 0 aromatic heterocycles. The van der Waals surface area contributed by atoms with Crippen LogP contribution in [-0.4, -0.2) is 34.8 Å². The Bertz CT molecular complexity index is 1410. The summed E-state index contributed by atoms with van der Waals surface area (Å²) >= 11 is 0. The molecule has 1 heterocycles. The van der Waals surface area contributed by atoms with Gasteiger partial charge in [0.25, 0.3) is 0 Å². The number of carbonyl (C=O) groups is 3. The molecule has 2 unspecified atom stereocenters. The zero-order chi connectivity index (χ0) is 27.7. The third-order valence-electron chi connectivity index (χ3n) is 7.54. The number of hydrogen-bond acceptors (Lipinski definition) is 3. The summed E-state index contributed by atoms with van der Waals surface area (Å²) in [6.07, 6.45) is 1.54. The Balaban J connectivity index is 1.40. The number of primary amides is 1. The van der Waals surface area contributed by atoms with Crippen LogP contribution in [0.25, 0.3) is 11.1 Å². The summed E-state index contributed by atoms with van der Waals surface area (Å²) in [5.74, 6) is -0.136. The van der Waals surface area contributed by atoms with Crippen molar-refractivity contribution >= 4 is 17.8 Å². The van der Waals surface area contributed by atoms with E-state index in [0.717, 1.165) is 34.2 Å². The Morgan fingerprint density at radius 2 is 1.74 bits per heavy atom. The molecule has 7 nitrogen and oxygen atoms in total. The molecule has 4 amide bonds. The standard InChI is InChI=1S/C32H36N4O3/c1-32(2,3)35-31(39)36-15-14-25-24(21-10-7-11-22(16-21)29(33)37)13-12-23(28(25)19-36)18-34-30(38)27-17-26(27)20-8-5-4-6-9-20/h4-13,16,26-27H,14-15,17-19H2,1-3H3,(H2,33,37)(H,34,38)(H,35,39). The molecule has 5 rings (SSSR count). The molecule has 39 heavy (non-hydrogen) atoms. The molecule has 7 heteroatoms. The predicted molar refractivity (Wildman–Crippen MR) is 152 cm³/mol. The lowest BCUT2D eigenvalue weighted by atomic mass is 9.87. The summed E-state index contributed by atoms with van der Waals surface area (Å²) in [4.78, 5) is 39.7. The van der Waals surface area contributed by atoms with Gasteiger partial charge in [0.05, 0.1) is 0 Å². The molecule has 0 bridgehead atoms. The lowest BCUT2D eigenvalue weighted by Crippen LogP contribution is -2.50. The van der Waals surface area contributed by atoms with Crippen LogP contribution in [-0.2, 0) is 24.3 Å². The summed E-state index contributed by atoms with van der Waals surface area (Å²) < 4.78 is 0. The minimum absolute atomic E-state index is 0.00639. The minimum atomic E-state index is -0.469. The third-order valence-corrected chi connectivity index (χ3v) is 7.54. The molecule has 1 saturated carbocycles. The van der Waals surface area contributed by atoms with Gasteiger partial charge in [0.1, 0.15) is 0 Å². The lowest BCUT2D eigenvalue weighted by molar-refractivity contribution is -0.122. The van der Waals surface area contributed by atoms with Crippen LogP contribution in [0, 0.1) is 5.92 Å². The first-order chi connectivity index (χ1) is 18.6. The maximum absolute atomic E-state index is 13.0. The van der Waals surface area contributed by atoms with E-state index in [0.29, 0.717) is 31.6 Å². The van der Waals surface area contributed by atoms with Gasteiger partial charge in [-0.15, -0.1) is 0 Å². The van der Waals surface area contributed by atoms with E-state index in [-0.39, 0.29) is 29.3 Å². The SMILES string of the molecule is CC(C)(C)NC(=O)N1CCc2c(-c3cccc(C(N)=O)c3)ccc(CNC(=O)C3CC3c3ccccc3)c2C1. The molecule has 1 aliphatic carbocycles. The highest BCUT2D eigenvalue weighted by Gasteiger charge is 2.43. The first-order valence-electron chi connectivity index (χ1n) is 13.5. The second-order valence-electron chi connectivity index (χ2n) is 11.6. The molecule has 0 radical (unpaired) electrons. The van der Waals surface area contributed by atoms with E-state index in [1.54, 1.807) is 6.07 Å². The predicted octanol–water partition coefficient (Wildman–Crippen LogP) is 4.74. The number of nitrogens with one attached hydrogen (secondary N) is 2. The third kappa shape index (κ3) is 5.98. The fourth-order valence-electron chi connectivity index (χ4n) is 5.46. The molecule has 2 atom stereocenters. The topological polar surface area (TPSA) is 105 Å². The number of carbonyl (C=O) groups excluding carboxylic acids is 3. The van der Waals surface area contributed by atoms with Crippen molar-refractivity contribution in [3.63, 3.8) is 0 Å². The van der Waals surface area contributed by atoms with Crippen LogP contribution in [0.15, 0.2) is 66.7 Å². The molecule has 0 saturated heterocycles. The van der Waals surface area contributed by atoms with Crippen molar-refractivity contribution in [3.8, 4) is 11.1 Å². The lowest BCUT2D eigenvalue weighted by Gasteiger charge is -2.34. The molecule has 4 N–H and O–H groups in total. The van der Waals surface area contributed by atoms with E-state index in [4.69, 9.17) is 5.73 Å². The highest BCUT2D eigenvalue weighted by atomic mass is 16.2. The first-order valence-corrected chi connectivity index (χ1v) is 13.5. The average Bonchev–Trinajstić information content (AvgIpc) is 3.72. The van der Waals surface area contributed by atoms with Crippen molar-refractivity contribution in [1.29, 1.82) is 0 Å². The van der Waals surface area contributed by atoms with Crippen LogP contribution in [0.5, 0.6) is 0 Å². The number of nitrogens with two attached hydrogens (primary N) is 1. The largest absolute Gasteiger partial charge is 0.366 e. The summed E-state index contributed by atoms with van der Waals surface area (Å²) in [5.41, 5.74) is 12.0. The van der Waals surface area contributed by atoms with E-state index in [1.807, 2.05) is 68.1 Å². The average molecular weight is 525 g/mol. The van der Waals surface area contributed by atoms with Crippen LogP contribution in [0.3, 0.4) is 0 Å². The summed E-state index contributed by atoms with van der Waals surface area (Å²) in [5, 5.41) is 6.22. The number of urea groups is 1. The van der Waals surface area contributed by atoms with Gasteiger partial charge in [-0.05, 0) is 85.0 Å². The summed E-state index contributed by atoms with van der Waals surface area (Å²) in [6.45, 7) is 7.32. The fourth-order valence-corrected chi connectivity index (χ4v) is 5.46. The van der Waals surface area contributed by atoms with Gasteiger partial charge in [0, 0.05) is 36.7 Å². The van der Waals surface area contributed by atoms with Crippen LogP contribution in [0.1, 0.15) is 65.7 Å². The zero-order valence-corrected chi connectivity index (χ0v) is 22.8. The maximum atomic E-state index is 13.0. The second-order valence-corrected chi connectivity index (χ2v) is 11.6. The monoisotopic (exact) mass is 524 g/mol. The van der Waals surface area contributed by atoms with Gasteiger partial charge in [-0.2, -0.15) is 0 Å². The van der Waals surface area contributed by atoms with Crippen LogP contribution >= 0.6 is 0 Å². The van der Waals surface area contributed by atoms with Crippen molar-refractivity contribution in [2.24, 2.45) is 11.7 Å². The van der Waals surface area contributed by atoms with E-state index >= 15 is 0 Å². The molecular weight excluding hydrogens is 488 g/mol. The molecule has 0 spiro atoms. The van der Waals surface area contributed by atoms with Gasteiger partial charge in [-0.3, -0.25) is 9.59 Å². The maximum Gasteiger partial charge on any atom is 0.318 e. The van der Waals surface area contributed by atoms with Crippen molar-refractivity contribution in [3.05, 3.63) is 94.5 Å². The van der Waals surface area contributed by atoms with Gasteiger partial charge in [-0.1, -0.05) is 54.6 Å². The Labute approximate surface area is 229 Å². The van der Waals surface area contributed by atoms with Gasteiger partial charge in [-0.25, -0.2) is 4.79 Å². The van der Waals surface area contributed by atoms with Gasteiger partial charge in [0.15, 0.2) is 0 Å². The fraction of sp³-hybridized carbons (Fsp3) is 0.344. The highest BCUT2D eigenvalue weighted by Crippen LogP contribution is 2.47. The number of fused-ring (bicyclic) bond motifs is 1. The van der Waals surface area contributed by atoms with Crippen molar-refractivity contribution in [1.82, 2.24) is 15.5 Å². The van der Waals surface area contributed by atoms with E-state index in [9.17, 15) is 14.4 Å². The van der Waals surface area contributed by atoms with Crippen LogP contribution in [0.2, 0.25) is 0 Å². The highest BCUT2D eigenvalue weighted by molar-refractivity contribution is 5.94. The quantitative estimate of drug-likeness (QED) is 0.434. The second kappa shape index (κ2) is 10.6. The summed E-state index contributed by atoms with van der Waals surface area (Å²) in [6, 6.07) is 21.5. The number of benzene rings is 3. The number of hydrogen-bond donors (Lipinski definition) is 3. The Kier molecular flexibility index (Phi) is 7.17. The Hall–Kier alpha value is -4.13. The van der Waals surface area contributed by atoms with Crippen molar-refractivity contribution in [2.45, 2.75) is 58.2 Å². The molecule has 202 valence electrons. The van der Waals surface area contributed by atoms with Gasteiger partial charge in [0.2, 0.25) is 11.8 Å². The zero-order valence-electron chi connectivity index (χ0n) is 22.8. The van der Waals surface area contributed by atoms with Crippen LogP contribution < -0.4 is 16.4 Å². The smallest absolute Gasteiger partial charge is 0.318 e. The molecule has 1 aliphatic heterocycles.